The zero-order valence-corrected chi connectivity index (χ0v) is 6.77. The van der Waals surface area contributed by atoms with Gasteiger partial charge in [-0.1, -0.05) is 0 Å². The topological polar surface area (TPSA) is 52.3 Å². The molecule has 11 heavy (non-hydrogen) atoms. The molecule has 2 radical (unpaired) electrons. The van der Waals surface area contributed by atoms with Gasteiger partial charge in [-0.2, -0.15) is 0 Å². The Morgan fingerprint density at radius 1 is 1.82 bits per heavy atom. The highest BCUT2D eigenvalue weighted by Crippen LogP contribution is 2.16. The van der Waals surface area contributed by atoms with Crippen molar-refractivity contribution in [1.29, 1.82) is 0 Å². The summed E-state index contributed by atoms with van der Waals surface area (Å²) in [5.74, 6) is -0.441. The van der Waals surface area contributed by atoms with Crippen LogP contribution in [0.15, 0.2) is 6.07 Å². The van der Waals surface area contributed by atoms with Crippen LogP contribution in [0.25, 0.3) is 0 Å². The molecule has 3 nitrogen and oxygen atoms in total. The second-order valence-electron chi connectivity index (χ2n) is 1.92. The van der Waals surface area contributed by atoms with E-state index in [4.69, 9.17) is 13.6 Å². The van der Waals surface area contributed by atoms with E-state index in [-0.39, 0.29) is 0 Å². The molecule has 0 aliphatic rings. The lowest BCUT2D eigenvalue weighted by atomic mass is 10.1. The Morgan fingerprint density at radius 3 is 2.82 bits per heavy atom. The maximum Gasteiger partial charge on any atom is 0.350 e. The van der Waals surface area contributed by atoms with Gasteiger partial charge in [0.15, 0.2) is 0 Å². The molecule has 0 saturated carbocycles. The highest BCUT2D eigenvalue weighted by Gasteiger charge is 2.11. The summed E-state index contributed by atoms with van der Waals surface area (Å²) in [7, 11) is 6.71. The monoisotopic (exact) mass is 167 g/mol. The van der Waals surface area contributed by atoms with Crippen LogP contribution in [-0.4, -0.2) is 20.9 Å². The SMILES string of the molecule is [B]c1cc(N)c(C(=O)OC)s1. The van der Waals surface area contributed by atoms with Crippen molar-refractivity contribution >= 4 is 35.6 Å². The third kappa shape index (κ3) is 1.54. The first kappa shape index (κ1) is 8.13. The quantitative estimate of drug-likeness (QED) is 0.469. The number of hydrogen-bond donors (Lipinski definition) is 1. The number of nitrogen functional groups attached to an aromatic ring is 1. The molecular weight excluding hydrogens is 161 g/mol. The number of thiophene rings is 1. The van der Waals surface area contributed by atoms with Crippen LogP contribution in [0.1, 0.15) is 9.67 Å². The Kier molecular flexibility index (Phi) is 2.19. The molecular formula is C6H6BNO2S. The van der Waals surface area contributed by atoms with Crippen LogP contribution in [0.5, 0.6) is 0 Å². The van der Waals surface area contributed by atoms with Gasteiger partial charge in [0, 0.05) is 0 Å². The normalized spacial score (nSPS) is 9.55. The van der Waals surface area contributed by atoms with Crippen LogP contribution in [0.4, 0.5) is 5.69 Å². The van der Waals surface area contributed by atoms with Gasteiger partial charge in [-0.05, 0) is 10.8 Å². The van der Waals surface area contributed by atoms with Gasteiger partial charge >= 0.3 is 5.97 Å². The Labute approximate surface area is 69.6 Å². The number of carbonyl (C=O) groups excluding carboxylic acids is 1. The molecule has 0 fully saturated rings. The van der Waals surface area contributed by atoms with E-state index in [2.05, 4.69) is 4.74 Å². The average molecular weight is 167 g/mol. The molecule has 0 aliphatic carbocycles. The van der Waals surface area contributed by atoms with E-state index in [1.807, 2.05) is 0 Å². The lowest BCUT2D eigenvalue weighted by Gasteiger charge is -1.94. The van der Waals surface area contributed by atoms with Gasteiger partial charge < -0.3 is 10.5 Å². The van der Waals surface area contributed by atoms with Crippen molar-refractivity contribution in [3.8, 4) is 0 Å². The third-order valence-corrected chi connectivity index (χ3v) is 2.11. The van der Waals surface area contributed by atoms with Crippen molar-refractivity contribution in [2.45, 2.75) is 0 Å². The molecule has 0 aliphatic heterocycles. The van der Waals surface area contributed by atoms with Crippen LogP contribution in [-0.2, 0) is 4.74 Å². The van der Waals surface area contributed by atoms with E-state index in [0.717, 1.165) is 11.3 Å². The second kappa shape index (κ2) is 2.96. The fourth-order valence-corrected chi connectivity index (χ4v) is 1.44. The Balaban J connectivity index is 3.03. The van der Waals surface area contributed by atoms with E-state index in [0.29, 0.717) is 15.3 Å². The highest BCUT2D eigenvalue weighted by molar-refractivity contribution is 7.22. The van der Waals surface area contributed by atoms with Crippen molar-refractivity contribution in [2.75, 3.05) is 12.8 Å². The standard InChI is InChI=1S/C6H6BNO2S/c1-10-6(9)5-3(8)2-4(7)11-5/h2H,8H2,1H3. The summed E-state index contributed by atoms with van der Waals surface area (Å²) in [5.41, 5.74) is 5.82. The minimum Gasteiger partial charge on any atom is -0.465 e. The van der Waals surface area contributed by atoms with Gasteiger partial charge in [0.1, 0.15) is 12.7 Å². The van der Waals surface area contributed by atoms with Crippen LogP contribution >= 0.6 is 11.3 Å². The number of anilines is 1. The van der Waals surface area contributed by atoms with Crippen molar-refractivity contribution in [2.24, 2.45) is 0 Å². The van der Waals surface area contributed by atoms with Gasteiger partial charge in [0.2, 0.25) is 0 Å². The maximum absolute atomic E-state index is 10.9. The summed E-state index contributed by atoms with van der Waals surface area (Å²) in [5, 5.41) is 0. The maximum atomic E-state index is 10.9. The van der Waals surface area contributed by atoms with Gasteiger partial charge in [0.25, 0.3) is 0 Å². The van der Waals surface area contributed by atoms with Gasteiger partial charge in [-0.25, -0.2) is 4.79 Å². The molecule has 5 heteroatoms. The molecule has 0 unspecified atom stereocenters. The molecule has 2 N–H and O–H groups in total. The zero-order valence-electron chi connectivity index (χ0n) is 5.96. The van der Waals surface area contributed by atoms with Crippen molar-refractivity contribution in [1.82, 2.24) is 0 Å². The molecule has 0 amide bonds. The molecule has 0 saturated heterocycles. The molecule has 0 spiro atoms. The summed E-state index contributed by atoms with van der Waals surface area (Å²) in [4.78, 5) is 11.3. The lowest BCUT2D eigenvalue weighted by molar-refractivity contribution is 0.0607. The van der Waals surface area contributed by atoms with Crippen LogP contribution in [0.2, 0.25) is 0 Å². The first-order chi connectivity index (χ1) is 5.15. The largest absolute Gasteiger partial charge is 0.465 e. The number of esters is 1. The molecule has 1 rings (SSSR count). The third-order valence-electron chi connectivity index (χ3n) is 1.15. The number of methoxy groups -OCH3 is 1. The fraction of sp³-hybridized carbons (Fsp3) is 0.167. The van der Waals surface area contributed by atoms with E-state index >= 15 is 0 Å². The first-order valence-electron chi connectivity index (χ1n) is 2.88. The molecule has 0 atom stereocenters. The molecule has 1 heterocycles. The van der Waals surface area contributed by atoms with Crippen LogP contribution in [0.3, 0.4) is 0 Å². The van der Waals surface area contributed by atoms with E-state index in [9.17, 15) is 4.79 Å². The number of nitrogens with two attached hydrogens (primary N) is 1. The van der Waals surface area contributed by atoms with Crippen molar-refractivity contribution in [3.63, 3.8) is 0 Å². The van der Waals surface area contributed by atoms with Crippen molar-refractivity contribution < 1.29 is 9.53 Å². The summed E-state index contributed by atoms with van der Waals surface area (Å²) >= 11 is 1.13. The fourth-order valence-electron chi connectivity index (χ4n) is 0.677. The molecule has 0 bridgehead atoms. The summed E-state index contributed by atoms with van der Waals surface area (Å²) in [6.07, 6.45) is 0. The van der Waals surface area contributed by atoms with Crippen LogP contribution in [0, 0.1) is 0 Å². The number of ether oxygens (including phenoxy) is 1. The van der Waals surface area contributed by atoms with Gasteiger partial charge in [-0.3, -0.25) is 0 Å². The Hall–Kier alpha value is -0.965. The van der Waals surface area contributed by atoms with E-state index < -0.39 is 5.97 Å². The van der Waals surface area contributed by atoms with Crippen LogP contribution < -0.4 is 10.5 Å². The second-order valence-corrected chi connectivity index (χ2v) is 3.01. The highest BCUT2D eigenvalue weighted by atomic mass is 32.1. The molecule has 1 aromatic heterocycles. The lowest BCUT2D eigenvalue weighted by Crippen LogP contribution is -2.01. The number of rotatable bonds is 1. The summed E-state index contributed by atoms with van der Waals surface area (Å²) in [6.45, 7) is 0. The minimum absolute atomic E-state index is 0.366. The first-order valence-corrected chi connectivity index (χ1v) is 3.70. The van der Waals surface area contributed by atoms with Crippen molar-refractivity contribution in [3.05, 3.63) is 10.9 Å². The molecule has 1 aromatic rings. The number of hydrogen-bond acceptors (Lipinski definition) is 4. The smallest absolute Gasteiger partial charge is 0.350 e. The predicted octanol–water partition coefficient (Wildman–Crippen LogP) is -0.0893. The van der Waals surface area contributed by atoms with Gasteiger partial charge in [-0.15, -0.1) is 11.3 Å². The Morgan fingerprint density at radius 2 is 2.45 bits per heavy atom. The summed E-state index contributed by atoms with van der Waals surface area (Å²) < 4.78 is 4.98. The number of carbonyl (C=O) groups is 1. The Bertz CT molecular complexity index is 284. The van der Waals surface area contributed by atoms with E-state index in [1.165, 1.54) is 13.2 Å². The minimum atomic E-state index is -0.441. The zero-order chi connectivity index (χ0) is 8.43. The van der Waals surface area contributed by atoms with E-state index in [1.54, 1.807) is 0 Å². The average Bonchev–Trinajstić information content (AvgIpc) is 2.28. The summed E-state index contributed by atoms with van der Waals surface area (Å²) in [6, 6.07) is 1.54. The van der Waals surface area contributed by atoms with Gasteiger partial charge in [0.05, 0.1) is 12.8 Å². The predicted molar refractivity (Wildman–Crippen MR) is 45.5 cm³/mol. The molecule has 56 valence electrons. The molecule has 0 aromatic carbocycles.